The van der Waals surface area contributed by atoms with Gasteiger partial charge in [0.1, 0.15) is 17.8 Å². The highest BCUT2D eigenvalue weighted by molar-refractivity contribution is 5.88. The van der Waals surface area contributed by atoms with Crippen LogP contribution < -0.4 is 10.6 Å². The van der Waals surface area contributed by atoms with Crippen molar-refractivity contribution < 1.29 is 0 Å². The van der Waals surface area contributed by atoms with Crippen LogP contribution in [0.5, 0.6) is 0 Å². The summed E-state index contributed by atoms with van der Waals surface area (Å²) in [4.78, 5) is 20.8. The first-order chi connectivity index (χ1) is 13.7. The number of nitrogen functional groups attached to an aromatic ring is 1. The number of aromatic nitrogens is 6. The molecule has 0 radical (unpaired) electrons. The van der Waals surface area contributed by atoms with Crippen molar-refractivity contribution in [3.8, 4) is 0 Å². The van der Waals surface area contributed by atoms with E-state index in [0.29, 0.717) is 12.4 Å². The lowest BCUT2D eigenvalue weighted by Crippen LogP contribution is -2.22. The van der Waals surface area contributed by atoms with Gasteiger partial charge in [-0.05, 0) is 31.4 Å². The van der Waals surface area contributed by atoms with Crippen LogP contribution in [-0.2, 0) is 13.0 Å². The van der Waals surface area contributed by atoms with Crippen molar-refractivity contribution in [2.24, 2.45) is 0 Å². The van der Waals surface area contributed by atoms with Crippen molar-refractivity contribution in [2.75, 3.05) is 23.7 Å². The Kier molecular flexibility index (Phi) is 4.03. The van der Waals surface area contributed by atoms with Gasteiger partial charge in [0.2, 0.25) is 0 Å². The van der Waals surface area contributed by atoms with Crippen LogP contribution in [0.15, 0.2) is 30.6 Å². The largest absolute Gasteiger partial charge is 0.383 e. The van der Waals surface area contributed by atoms with Gasteiger partial charge in [0.05, 0.1) is 28.7 Å². The number of fused-ring (bicyclic) bond motifs is 2. The summed E-state index contributed by atoms with van der Waals surface area (Å²) in [5.41, 5.74) is 10.5. The molecule has 0 atom stereocenters. The first-order valence-corrected chi connectivity index (χ1v) is 9.71. The minimum Gasteiger partial charge on any atom is -0.383 e. The minimum atomic E-state index is 0.470. The molecule has 2 N–H and O–H groups in total. The maximum atomic E-state index is 6.10. The second kappa shape index (κ2) is 6.70. The zero-order valence-electron chi connectivity index (χ0n) is 15.8. The number of anilines is 2. The molecule has 0 bridgehead atoms. The lowest BCUT2D eigenvalue weighted by Gasteiger charge is -2.20. The molecule has 4 aromatic rings. The Morgan fingerprint density at radius 2 is 1.75 bits per heavy atom. The Balaban J connectivity index is 1.66. The summed E-state index contributed by atoms with van der Waals surface area (Å²) in [5, 5.41) is 5.59. The van der Waals surface area contributed by atoms with Gasteiger partial charge in [-0.2, -0.15) is 5.10 Å². The third-order valence-corrected chi connectivity index (χ3v) is 5.29. The van der Waals surface area contributed by atoms with Gasteiger partial charge in [-0.3, -0.25) is 0 Å². The molecule has 8 heteroatoms. The number of para-hydroxylation sites is 2. The monoisotopic (exact) mass is 374 g/mol. The Hall–Kier alpha value is -3.29. The zero-order chi connectivity index (χ0) is 19.1. The smallest absolute Gasteiger partial charge is 0.163 e. The number of hydrogen-bond donors (Lipinski definition) is 1. The normalized spacial score (nSPS) is 14.4. The van der Waals surface area contributed by atoms with E-state index in [2.05, 4.69) is 21.8 Å². The maximum absolute atomic E-state index is 6.10. The van der Waals surface area contributed by atoms with E-state index in [1.165, 1.54) is 19.2 Å². The summed E-state index contributed by atoms with van der Waals surface area (Å²) in [6, 6.07) is 8.00. The SMILES string of the molecule is CCc1nn(Cc2nc3ccccc3nc2N2CCCC2)c2ncnc(N)c12. The zero-order valence-corrected chi connectivity index (χ0v) is 15.8. The lowest BCUT2D eigenvalue weighted by atomic mass is 10.2. The molecular weight excluding hydrogens is 352 g/mol. The Morgan fingerprint density at radius 1 is 1.00 bits per heavy atom. The predicted molar refractivity (Wildman–Crippen MR) is 109 cm³/mol. The van der Waals surface area contributed by atoms with E-state index < -0.39 is 0 Å². The lowest BCUT2D eigenvalue weighted by molar-refractivity contribution is 0.672. The molecule has 0 aliphatic carbocycles. The molecule has 1 fully saturated rings. The van der Waals surface area contributed by atoms with E-state index in [0.717, 1.165) is 58.8 Å². The van der Waals surface area contributed by atoms with Gasteiger partial charge in [0, 0.05) is 13.1 Å². The molecule has 1 aromatic carbocycles. The molecule has 0 amide bonds. The molecule has 0 unspecified atom stereocenters. The van der Waals surface area contributed by atoms with E-state index in [-0.39, 0.29) is 0 Å². The standard InChI is InChI=1S/C20H22N8/c1-2-13-17-18(21)22-12-23-20(17)28(26-13)11-16-19(27-9-5-6-10-27)25-15-8-4-3-7-14(15)24-16/h3-4,7-8,12H,2,5-6,9-11H2,1H3,(H2,21,22,23). The number of nitrogens with zero attached hydrogens (tertiary/aromatic N) is 7. The molecule has 0 saturated carbocycles. The third-order valence-electron chi connectivity index (χ3n) is 5.29. The van der Waals surface area contributed by atoms with E-state index >= 15 is 0 Å². The number of nitrogens with two attached hydrogens (primary N) is 1. The van der Waals surface area contributed by atoms with Crippen LogP contribution in [0.3, 0.4) is 0 Å². The average Bonchev–Trinajstić information content (AvgIpc) is 3.37. The molecule has 28 heavy (non-hydrogen) atoms. The van der Waals surface area contributed by atoms with Gasteiger partial charge < -0.3 is 10.6 Å². The van der Waals surface area contributed by atoms with E-state index in [4.69, 9.17) is 20.8 Å². The fourth-order valence-corrected chi connectivity index (χ4v) is 3.92. The Morgan fingerprint density at radius 3 is 2.50 bits per heavy atom. The highest BCUT2D eigenvalue weighted by Gasteiger charge is 2.21. The fourth-order valence-electron chi connectivity index (χ4n) is 3.92. The van der Waals surface area contributed by atoms with Crippen LogP contribution in [0.4, 0.5) is 11.6 Å². The van der Waals surface area contributed by atoms with Crippen molar-refractivity contribution in [1.82, 2.24) is 29.7 Å². The summed E-state index contributed by atoms with van der Waals surface area (Å²) in [5.74, 6) is 1.41. The Labute approximate surface area is 162 Å². The molecule has 1 saturated heterocycles. The highest BCUT2D eigenvalue weighted by atomic mass is 15.3. The quantitative estimate of drug-likeness (QED) is 0.586. The van der Waals surface area contributed by atoms with Gasteiger partial charge in [-0.1, -0.05) is 19.1 Å². The molecule has 142 valence electrons. The van der Waals surface area contributed by atoms with Crippen LogP contribution in [0, 0.1) is 0 Å². The number of rotatable bonds is 4. The fraction of sp³-hybridized carbons (Fsp3) is 0.350. The van der Waals surface area contributed by atoms with Gasteiger partial charge >= 0.3 is 0 Å². The molecule has 4 heterocycles. The predicted octanol–water partition coefficient (Wildman–Crippen LogP) is 2.56. The van der Waals surface area contributed by atoms with Crippen LogP contribution >= 0.6 is 0 Å². The van der Waals surface area contributed by atoms with Gasteiger partial charge in [-0.25, -0.2) is 24.6 Å². The van der Waals surface area contributed by atoms with Crippen molar-refractivity contribution in [2.45, 2.75) is 32.7 Å². The van der Waals surface area contributed by atoms with Gasteiger partial charge in [-0.15, -0.1) is 0 Å². The van der Waals surface area contributed by atoms with Crippen LogP contribution in [-0.4, -0.2) is 42.8 Å². The Bertz CT molecular complexity index is 1160. The number of aryl methyl sites for hydroxylation is 1. The van der Waals surface area contributed by atoms with Crippen LogP contribution in [0.25, 0.3) is 22.1 Å². The molecule has 8 nitrogen and oxygen atoms in total. The van der Waals surface area contributed by atoms with Crippen LogP contribution in [0.2, 0.25) is 0 Å². The first kappa shape index (κ1) is 16.9. The van der Waals surface area contributed by atoms with Crippen molar-refractivity contribution >= 4 is 33.7 Å². The summed E-state index contributed by atoms with van der Waals surface area (Å²) < 4.78 is 1.88. The second-order valence-corrected chi connectivity index (χ2v) is 7.09. The van der Waals surface area contributed by atoms with E-state index in [9.17, 15) is 0 Å². The van der Waals surface area contributed by atoms with E-state index in [1.807, 2.05) is 28.9 Å². The third kappa shape index (κ3) is 2.72. The van der Waals surface area contributed by atoms with Crippen molar-refractivity contribution in [1.29, 1.82) is 0 Å². The van der Waals surface area contributed by atoms with Crippen molar-refractivity contribution in [3.63, 3.8) is 0 Å². The highest BCUT2D eigenvalue weighted by Crippen LogP contribution is 2.27. The summed E-state index contributed by atoms with van der Waals surface area (Å²) >= 11 is 0. The van der Waals surface area contributed by atoms with Gasteiger partial charge in [0.15, 0.2) is 11.5 Å². The minimum absolute atomic E-state index is 0.470. The molecule has 1 aliphatic rings. The summed E-state index contributed by atoms with van der Waals surface area (Å²) in [7, 11) is 0. The molecular formula is C20H22N8. The summed E-state index contributed by atoms with van der Waals surface area (Å²) in [6.45, 7) is 4.57. The van der Waals surface area contributed by atoms with Crippen molar-refractivity contribution in [3.05, 3.63) is 42.0 Å². The molecule has 1 aliphatic heterocycles. The first-order valence-electron chi connectivity index (χ1n) is 9.71. The second-order valence-electron chi connectivity index (χ2n) is 7.09. The summed E-state index contributed by atoms with van der Waals surface area (Å²) in [6.07, 6.45) is 4.62. The van der Waals surface area contributed by atoms with Crippen LogP contribution in [0.1, 0.15) is 31.2 Å². The average molecular weight is 374 g/mol. The maximum Gasteiger partial charge on any atom is 0.163 e. The molecule has 3 aromatic heterocycles. The number of hydrogen-bond acceptors (Lipinski definition) is 7. The van der Waals surface area contributed by atoms with E-state index in [1.54, 1.807) is 0 Å². The van der Waals surface area contributed by atoms with Gasteiger partial charge in [0.25, 0.3) is 0 Å². The number of benzene rings is 1. The molecule has 0 spiro atoms. The topological polar surface area (TPSA) is 98.6 Å². The molecule has 5 rings (SSSR count).